The van der Waals surface area contributed by atoms with Crippen LogP contribution in [0.4, 0.5) is 0 Å². The summed E-state index contributed by atoms with van der Waals surface area (Å²) in [6, 6.07) is 4.34. The van der Waals surface area contributed by atoms with Gasteiger partial charge in [-0.05, 0) is 38.5 Å². The molecular formula is C15H20N2O2. The summed E-state index contributed by atoms with van der Waals surface area (Å²) in [6.07, 6.45) is 3.86. The maximum atomic E-state index is 5.48. The molecule has 0 saturated heterocycles. The van der Waals surface area contributed by atoms with Crippen LogP contribution in [0, 0.1) is 6.92 Å². The first-order valence-corrected chi connectivity index (χ1v) is 6.34. The molecule has 2 aromatic rings. The number of hydrogen-bond acceptors (Lipinski definition) is 3. The Kier molecular flexibility index (Phi) is 3.79. The van der Waals surface area contributed by atoms with Gasteiger partial charge in [0, 0.05) is 17.8 Å². The smallest absolute Gasteiger partial charge is 0.130 e. The van der Waals surface area contributed by atoms with Gasteiger partial charge in [0.05, 0.1) is 26.0 Å². The minimum absolute atomic E-state index is 0.330. The number of hydrogen-bond donors (Lipinski definition) is 0. The summed E-state index contributed by atoms with van der Waals surface area (Å²) in [4.78, 5) is 0. The van der Waals surface area contributed by atoms with E-state index in [1.165, 1.54) is 0 Å². The molecule has 0 fully saturated rings. The Bertz CT molecular complexity index is 548. The summed E-state index contributed by atoms with van der Waals surface area (Å²) in [5, 5.41) is 4.37. The van der Waals surface area contributed by atoms with Crippen LogP contribution in [-0.2, 0) is 0 Å². The van der Waals surface area contributed by atoms with Gasteiger partial charge in [-0.3, -0.25) is 4.68 Å². The summed E-state index contributed by atoms with van der Waals surface area (Å²) in [5.41, 5.74) is 3.05. The van der Waals surface area contributed by atoms with Crippen molar-refractivity contribution < 1.29 is 9.47 Å². The Labute approximate surface area is 114 Å². The molecule has 0 atom stereocenters. The van der Waals surface area contributed by atoms with E-state index in [0.29, 0.717) is 6.04 Å². The first-order chi connectivity index (χ1) is 9.06. The van der Waals surface area contributed by atoms with Gasteiger partial charge in [-0.1, -0.05) is 0 Å². The van der Waals surface area contributed by atoms with Crippen molar-refractivity contribution in [3.8, 4) is 22.6 Å². The molecule has 0 bridgehead atoms. The number of aryl methyl sites for hydroxylation is 1. The lowest BCUT2D eigenvalue weighted by Gasteiger charge is -2.13. The Morgan fingerprint density at radius 2 is 1.68 bits per heavy atom. The summed E-state index contributed by atoms with van der Waals surface area (Å²) in [5.74, 6) is 1.61. The lowest BCUT2D eigenvalue weighted by atomic mass is 10.0. The first kappa shape index (κ1) is 13.5. The fourth-order valence-electron chi connectivity index (χ4n) is 2.08. The first-order valence-electron chi connectivity index (χ1n) is 6.34. The zero-order chi connectivity index (χ0) is 14.0. The van der Waals surface area contributed by atoms with Crippen LogP contribution in [0.1, 0.15) is 25.5 Å². The molecule has 1 aromatic carbocycles. The number of benzene rings is 1. The van der Waals surface area contributed by atoms with Crippen molar-refractivity contribution in [2.24, 2.45) is 0 Å². The van der Waals surface area contributed by atoms with Gasteiger partial charge in [-0.2, -0.15) is 5.10 Å². The zero-order valence-electron chi connectivity index (χ0n) is 12.1. The van der Waals surface area contributed by atoms with Gasteiger partial charge in [0.2, 0.25) is 0 Å². The van der Waals surface area contributed by atoms with Gasteiger partial charge in [-0.25, -0.2) is 0 Å². The normalized spacial score (nSPS) is 10.8. The van der Waals surface area contributed by atoms with Crippen LogP contribution < -0.4 is 9.47 Å². The summed E-state index contributed by atoms with van der Waals surface area (Å²) in [6.45, 7) is 6.22. The summed E-state index contributed by atoms with van der Waals surface area (Å²) < 4.78 is 12.9. The van der Waals surface area contributed by atoms with Crippen molar-refractivity contribution in [3.05, 3.63) is 30.1 Å². The lowest BCUT2D eigenvalue weighted by Crippen LogP contribution is -1.99. The van der Waals surface area contributed by atoms with Crippen LogP contribution in [0.5, 0.6) is 11.5 Å². The molecule has 19 heavy (non-hydrogen) atoms. The van der Waals surface area contributed by atoms with Crippen LogP contribution in [0.15, 0.2) is 24.5 Å². The minimum Gasteiger partial charge on any atom is -0.496 e. The standard InChI is InChI=1S/C15H20N2O2/c1-10(2)17-9-12(8-16-17)15-13(18-4)6-11(3)7-14(15)19-5/h6-10H,1-5H3. The van der Waals surface area contributed by atoms with E-state index < -0.39 is 0 Å². The van der Waals surface area contributed by atoms with E-state index in [2.05, 4.69) is 18.9 Å². The Hall–Kier alpha value is -1.97. The van der Waals surface area contributed by atoms with E-state index in [-0.39, 0.29) is 0 Å². The molecule has 1 aromatic heterocycles. The topological polar surface area (TPSA) is 36.3 Å². The van der Waals surface area contributed by atoms with E-state index in [1.54, 1.807) is 14.2 Å². The molecule has 4 nitrogen and oxygen atoms in total. The molecule has 0 unspecified atom stereocenters. The van der Waals surface area contributed by atoms with Crippen LogP contribution >= 0.6 is 0 Å². The molecule has 1 heterocycles. The van der Waals surface area contributed by atoms with Crippen LogP contribution in [-0.4, -0.2) is 24.0 Å². The fourth-order valence-corrected chi connectivity index (χ4v) is 2.08. The van der Waals surface area contributed by atoms with Crippen molar-refractivity contribution in [1.29, 1.82) is 0 Å². The Morgan fingerprint density at radius 3 is 2.11 bits per heavy atom. The van der Waals surface area contributed by atoms with Crippen LogP contribution in [0.25, 0.3) is 11.1 Å². The monoisotopic (exact) mass is 260 g/mol. The maximum absolute atomic E-state index is 5.48. The van der Waals surface area contributed by atoms with E-state index >= 15 is 0 Å². The van der Waals surface area contributed by atoms with Crippen molar-refractivity contribution in [3.63, 3.8) is 0 Å². The van der Waals surface area contributed by atoms with Crippen molar-refractivity contribution in [1.82, 2.24) is 9.78 Å². The van der Waals surface area contributed by atoms with Gasteiger partial charge in [0.15, 0.2) is 0 Å². The van der Waals surface area contributed by atoms with Crippen LogP contribution in [0.2, 0.25) is 0 Å². The molecule has 0 N–H and O–H groups in total. The molecule has 0 aliphatic carbocycles. The van der Waals surface area contributed by atoms with Gasteiger partial charge in [0.1, 0.15) is 11.5 Å². The highest BCUT2D eigenvalue weighted by Crippen LogP contribution is 2.39. The number of rotatable bonds is 4. The second-order valence-electron chi connectivity index (χ2n) is 4.85. The summed E-state index contributed by atoms with van der Waals surface area (Å²) >= 11 is 0. The molecular weight excluding hydrogens is 240 g/mol. The van der Waals surface area contributed by atoms with E-state index in [4.69, 9.17) is 9.47 Å². The average Bonchev–Trinajstić information content (AvgIpc) is 2.86. The minimum atomic E-state index is 0.330. The van der Waals surface area contributed by atoms with Gasteiger partial charge in [-0.15, -0.1) is 0 Å². The molecule has 2 rings (SSSR count). The van der Waals surface area contributed by atoms with Gasteiger partial charge in [0.25, 0.3) is 0 Å². The highest BCUT2D eigenvalue weighted by atomic mass is 16.5. The molecule has 0 saturated carbocycles. The van der Waals surface area contributed by atoms with Crippen LogP contribution in [0.3, 0.4) is 0 Å². The van der Waals surface area contributed by atoms with Crippen molar-refractivity contribution in [2.45, 2.75) is 26.8 Å². The van der Waals surface area contributed by atoms with E-state index in [1.807, 2.05) is 36.1 Å². The summed E-state index contributed by atoms with van der Waals surface area (Å²) in [7, 11) is 3.34. The predicted octanol–water partition coefficient (Wildman–Crippen LogP) is 3.46. The number of ether oxygens (including phenoxy) is 2. The van der Waals surface area contributed by atoms with E-state index in [0.717, 1.165) is 28.2 Å². The Morgan fingerprint density at radius 1 is 1.11 bits per heavy atom. The second kappa shape index (κ2) is 5.34. The van der Waals surface area contributed by atoms with E-state index in [9.17, 15) is 0 Å². The molecule has 0 amide bonds. The van der Waals surface area contributed by atoms with Gasteiger partial charge >= 0.3 is 0 Å². The molecule has 4 heteroatoms. The third kappa shape index (κ3) is 2.57. The largest absolute Gasteiger partial charge is 0.496 e. The maximum Gasteiger partial charge on any atom is 0.130 e. The third-order valence-corrected chi connectivity index (χ3v) is 3.07. The number of methoxy groups -OCH3 is 2. The molecule has 0 aliphatic rings. The third-order valence-electron chi connectivity index (χ3n) is 3.07. The lowest BCUT2D eigenvalue weighted by molar-refractivity contribution is 0.397. The molecule has 0 spiro atoms. The second-order valence-corrected chi connectivity index (χ2v) is 4.85. The average molecular weight is 260 g/mol. The SMILES string of the molecule is COc1cc(C)cc(OC)c1-c1cnn(C(C)C)c1. The molecule has 0 radical (unpaired) electrons. The highest BCUT2D eigenvalue weighted by Gasteiger charge is 2.15. The zero-order valence-corrected chi connectivity index (χ0v) is 12.1. The highest BCUT2D eigenvalue weighted by molar-refractivity contribution is 5.76. The van der Waals surface area contributed by atoms with Crippen molar-refractivity contribution >= 4 is 0 Å². The van der Waals surface area contributed by atoms with Gasteiger partial charge < -0.3 is 9.47 Å². The fraction of sp³-hybridized carbons (Fsp3) is 0.400. The molecule has 0 aliphatic heterocycles. The Balaban J connectivity index is 2.58. The number of aromatic nitrogens is 2. The quantitative estimate of drug-likeness (QED) is 0.844. The molecule has 102 valence electrons. The predicted molar refractivity (Wildman–Crippen MR) is 75.9 cm³/mol. The number of nitrogens with zero attached hydrogens (tertiary/aromatic N) is 2. The van der Waals surface area contributed by atoms with Crippen molar-refractivity contribution in [2.75, 3.05) is 14.2 Å².